The Morgan fingerprint density at radius 1 is 1.14 bits per heavy atom. The molecule has 0 aliphatic rings. The first kappa shape index (κ1) is 15.6. The van der Waals surface area contributed by atoms with Crippen molar-refractivity contribution in [2.75, 3.05) is 14.2 Å². The molecule has 5 heteroatoms. The van der Waals surface area contributed by atoms with Gasteiger partial charge in [0.1, 0.15) is 12.4 Å². The van der Waals surface area contributed by atoms with E-state index < -0.39 is 0 Å². The third-order valence-electron chi connectivity index (χ3n) is 3.00. The quantitative estimate of drug-likeness (QED) is 0.740. The minimum atomic E-state index is 0.360. The van der Waals surface area contributed by atoms with E-state index in [1.807, 2.05) is 37.3 Å². The van der Waals surface area contributed by atoms with E-state index in [0.29, 0.717) is 17.7 Å². The minimum absolute atomic E-state index is 0.360. The first-order valence-corrected chi connectivity index (χ1v) is 7.66. The molecule has 4 nitrogen and oxygen atoms in total. The number of aryl methyl sites for hydroxylation is 1. The molecule has 0 radical (unpaired) electrons. The molecule has 2 aromatic rings. The Balaban J connectivity index is 2.22. The van der Waals surface area contributed by atoms with Gasteiger partial charge in [0.2, 0.25) is 0 Å². The number of aromatic nitrogens is 1. The number of ether oxygens (including phenoxy) is 3. The molecule has 0 fully saturated rings. The van der Waals surface area contributed by atoms with Gasteiger partial charge in [0.25, 0.3) is 0 Å². The number of pyridine rings is 1. The van der Waals surface area contributed by atoms with Gasteiger partial charge in [-0.2, -0.15) is 0 Å². The molecule has 0 bridgehead atoms. The lowest BCUT2D eigenvalue weighted by Gasteiger charge is -2.14. The summed E-state index contributed by atoms with van der Waals surface area (Å²) in [6.45, 7) is 2.29. The SMILES string of the molecule is COc1cc(C)nc(COc2c(CBr)cccc2OC)c1. The van der Waals surface area contributed by atoms with Crippen LogP contribution in [-0.2, 0) is 11.9 Å². The summed E-state index contributed by atoms with van der Waals surface area (Å²) >= 11 is 3.46. The average molecular weight is 352 g/mol. The normalized spacial score (nSPS) is 10.3. The summed E-state index contributed by atoms with van der Waals surface area (Å²) in [5.41, 5.74) is 2.75. The third kappa shape index (κ3) is 3.88. The lowest BCUT2D eigenvalue weighted by molar-refractivity contribution is 0.277. The highest BCUT2D eigenvalue weighted by molar-refractivity contribution is 9.08. The molecule has 0 aliphatic carbocycles. The Hall–Kier alpha value is -1.75. The zero-order chi connectivity index (χ0) is 15.2. The van der Waals surface area contributed by atoms with Gasteiger partial charge >= 0.3 is 0 Å². The second-order valence-electron chi connectivity index (χ2n) is 4.51. The van der Waals surface area contributed by atoms with Crippen molar-refractivity contribution in [1.82, 2.24) is 4.98 Å². The molecule has 1 aromatic heterocycles. The van der Waals surface area contributed by atoms with Gasteiger partial charge in [-0.15, -0.1) is 0 Å². The van der Waals surface area contributed by atoms with E-state index in [2.05, 4.69) is 20.9 Å². The second-order valence-corrected chi connectivity index (χ2v) is 5.07. The maximum absolute atomic E-state index is 5.92. The lowest BCUT2D eigenvalue weighted by Crippen LogP contribution is -2.03. The van der Waals surface area contributed by atoms with Gasteiger partial charge in [0, 0.05) is 28.7 Å². The van der Waals surface area contributed by atoms with Gasteiger partial charge in [-0.25, -0.2) is 0 Å². The van der Waals surface area contributed by atoms with E-state index >= 15 is 0 Å². The molecule has 0 atom stereocenters. The molecule has 1 heterocycles. The monoisotopic (exact) mass is 351 g/mol. The Labute approximate surface area is 133 Å². The number of halogens is 1. The van der Waals surface area contributed by atoms with E-state index in [-0.39, 0.29) is 0 Å². The standard InChI is InChI=1S/C16H18BrNO3/c1-11-7-14(19-2)8-13(18-11)10-21-16-12(9-17)5-4-6-15(16)20-3/h4-8H,9-10H2,1-3H3. The van der Waals surface area contributed by atoms with Crippen molar-refractivity contribution in [3.05, 3.63) is 47.3 Å². The Bertz CT molecular complexity index is 594. The number of para-hydroxylation sites is 1. The highest BCUT2D eigenvalue weighted by Gasteiger charge is 2.11. The number of hydrogen-bond donors (Lipinski definition) is 0. The van der Waals surface area contributed by atoms with Crippen molar-refractivity contribution in [2.24, 2.45) is 0 Å². The van der Waals surface area contributed by atoms with Crippen LogP contribution in [0.3, 0.4) is 0 Å². The molecule has 112 valence electrons. The number of methoxy groups -OCH3 is 2. The summed E-state index contributed by atoms with van der Waals surface area (Å²) < 4.78 is 16.5. The molecule has 21 heavy (non-hydrogen) atoms. The molecule has 1 aromatic carbocycles. The fourth-order valence-corrected chi connectivity index (χ4v) is 2.47. The predicted molar refractivity (Wildman–Crippen MR) is 85.5 cm³/mol. The lowest BCUT2D eigenvalue weighted by atomic mass is 10.2. The van der Waals surface area contributed by atoms with Crippen LogP contribution >= 0.6 is 15.9 Å². The van der Waals surface area contributed by atoms with Crippen molar-refractivity contribution >= 4 is 15.9 Å². The molecule has 0 saturated heterocycles. The third-order valence-corrected chi connectivity index (χ3v) is 3.61. The van der Waals surface area contributed by atoms with E-state index in [9.17, 15) is 0 Å². The van der Waals surface area contributed by atoms with Crippen LogP contribution in [0, 0.1) is 6.92 Å². The van der Waals surface area contributed by atoms with E-state index in [4.69, 9.17) is 14.2 Å². The molecule has 0 unspecified atom stereocenters. The Morgan fingerprint density at radius 2 is 1.95 bits per heavy atom. The molecule has 0 amide bonds. The number of alkyl halides is 1. The fourth-order valence-electron chi connectivity index (χ4n) is 2.03. The van der Waals surface area contributed by atoms with E-state index in [1.54, 1.807) is 14.2 Å². The smallest absolute Gasteiger partial charge is 0.165 e. The zero-order valence-electron chi connectivity index (χ0n) is 12.4. The van der Waals surface area contributed by atoms with Crippen LogP contribution in [0.15, 0.2) is 30.3 Å². The summed E-state index contributed by atoms with van der Waals surface area (Å²) in [7, 11) is 3.27. The van der Waals surface area contributed by atoms with Crippen LogP contribution < -0.4 is 14.2 Å². The molecule has 0 N–H and O–H groups in total. The Kier molecular flexibility index (Phi) is 5.44. The number of hydrogen-bond acceptors (Lipinski definition) is 4. The first-order chi connectivity index (χ1) is 10.2. The van der Waals surface area contributed by atoms with Crippen LogP contribution in [0.1, 0.15) is 17.0 Å². The van der Waals surface area contributed by atoms with E-state index in [0.717, 1.165) is 28.5 Å². The zero-order valence-corrected chi connectivity index (χ0v) is 13.9. The van der Waals surface area contributed by atoms with Crippen molar-refractivity contribution in [1.29, 1.82) is 0 Å². The van der Waals surface area contributed by atoms with Crippen molar-refractivity contribution < 1.29 is 14.2 Å². The van der Waals surface area contributed by atoms with Gasteiger partial charge in [-0.1, -0.05) is 28.1 Å². The average Bonchev–Trinajstić information content (AvgIpc) is 2.51. The van der Waals surface area contributed by atoms with Gasteiger partial charge in [0.15, 0.2) is 11.5 Å². The topological polar surface area (TPSA) is 40.6 Å². The predicted octanol–water partition coefficient (Wildman–Crippen LogP) is 3.88. The maximum atomic E-state index is 5.92. The van der Waals surface area contributed by atoms with Gasteiger partial charge < -0.3 is 14.2 Å². The molecular formula is C16H18BrNO3. The van der Waals surface area contributed by atoms with Crippen LogP contribution in [-0.4, -0.2) is 19.2 Å². The summed E-state index contributed by atoms with van der Waals surface area (Å²) in [4.78, 5) is 4.45. The maximum Gasteiger partial charge on any atom is 0.165 e. The molecule has 0 aliphatic heterocycles. The fraction of sp³-hybridized carbons (Fsp3) is 0.312. The van der Waals surface area contributed by atoms with Gasteiger partial charge in [-0.3, -0.25) is 4.98 Å². The Morgan fingerprint density at radius 3 is 2.62 bits per heavy atom. The highest BCUT2D eigenvalue weighted by Crippen LogP contribution is 2.33. The van der Waals surface area contributed by atoms with Crippen molar-refractivity contribution in [3.63, 3.8) is 0 Å². The second kappa shape index (κ2) is 7.31. The highest BCUT2D eigenvalue weighted by atomic mass is 79.9. The largest absolute Gasteiger partial charge is 0.497 e. The van der Waals surface area contributed by atoms with Crippen molar-refractivity contribution in [3.8, 4) is 17.2 Å². The molecule has 0 spiro atoms. The first-order valence-electron chi connectivity index (χ1n) is 6.54. The summed E-state index contributed by atoms with van der Waals surface area (Å²) in [6, 6.07) is 9.57. The molecule has 0 saturated carbocycles. The van der Waals surface area contributed by atoms with Crippen LogP contribution in [0.4, 0.5) is 0 Å². The number of nitrogens with zero attached hydrogens (tertiary/aromatic N) is 1. The number of rotatable bonds is 6. The van der Waals surface area contributed by atoms with E-state index in [1.165, 1.54) is 0 Å². The van der Waals surface area contributed by atoms with Gasteiger partial charge in [-0.05, 0) is 13.0 Å². The van der Waals surface area contributed by atoms with Crippen LogP contribution in [0.2, 0.25) is 0 Å². The van der Waals surface area contributed by atoms with Crippen molar-refractivity contribution in [2.45, 2.75) is 18.9 Å². The van der Waals surface area contributed by atoms with Crippen LogP contribution in [0.5, 0.6) is 17.2 Å². The van der Waals surface area contributed by atoms with Crippen LogP contribution in [0.25, 0.3) is 0 Å². The summed E-state index contributed by atoms with van der Waals surface area (Å²) in [6.07, 6.45) is 0. The number of benzene rings is 1. The molecular weight excluding hydrogens is 334 g/mol. The summed E-state index contributed by atoms with van der Waals surface area (Å²) in [5, 5.41) is 0.699. The molecule has 2 rings (SSSR count). The summed E-state index contributed by atoms with van der Waals surface area (Å²) in [5.74, 6) is 2.23. The van der Waals surface area contributed by atoms with Gasteiger partial charge in [0.05, 0.1) is 19.9 Å². The minimum Gasteiger partial charge on any atom is -0.497 e.